The zero-order valence-electron chi connectivity index (χ0n) is 15.4. The molecule has 0 bridgehead atoms. The van der Waals surface area contributed by atoms with Crippen LogP contribution in [0.1, 0.15) is 27.7 Å². The Morgan fingerprint density at radius 3 is 1.93 bits per heavy atom. The van der Waals surface area contributed by atoms with E-state index < -0.39 is 0 Å². The molecule has 1 N–H and O–H groups in total. The Hall–Kier alpha value is -2.69. The first-order chi connectivity index (χ1) is 13.3. The van der Waals surface area contributed by atoms with E-state index in [2.05, 4.69) is 75.4 Å². The monoisotopic (exact) mass is 359 g/mol. The number of hydrogen-bond acceptors (Lipinski definition) is 3. The smallest absolute Gasteiger partial charge is 0.192 e. The van der Waals surface area contributed by atoms with E-state index in [-0.39, 0.29) is 11.8 Å². The Labute approximate surface area is 160 Å². The third-order valence-corrected chi connectivity index (χ3v) is 5.27. The zero-order chi connectivity index (χ0) is 18.5. The molecule has 0 unspecified atom stereocenters. The lowest BCUT2D eigenvalue weighted by Crippen LogP contribution is -2.49. The molecule has 1 aliphatic heterocycles. The van der Waals surface area contributed by atoms with Crippen molar-refractivity contribution < 1.29 is 4.79 Å². The Bertz CT molecular complexity index is 798. The minimum atomic E-state index is 0.163. The normalized spacial score (nSPS) is 15.9. The number of rotatable bonds is 6. The van der Waals surface area contributed by atoms with Crippen LogP contribution in [0, 0.1) is 0 Å². The molecule has 4 rings (SSSR count). The Balaban J connectivity index is 1.45. The number of carbonyl (C=O) groups is 1. The van der Waals surface area contributed by atoms with Crippen molar-refractivity contribution in [1.82, 2.24) is 14.8 Å². The number of H-pyrrole nitrogens is 1. The standard InChI is InChI=1S/C23H25N3O/c27-22(21-12-7-13-24-21)18-25-14-16-26(17-15-25)23(19-8-3-1-4-9-19)20-10-5-2-6-11-20/h1-13,23-24H,14-18H2. The van der Waals surface area contributed by atoms with Gasteiger partial charge in [-0.3, -0.25) is 14.6 Å². The summed E-state index contributed by atoms with van der Waals surface area (Å²) >= 11 is 0. The maximum absolute atomic E-state index is 12.3. The molecular weight excluding hydrogens is 334 g/mol. The highest BCUT2D eigenvalue weighted by Gasteiger charge is 2.27. The lowest BCUT2D eigenvalue weighted by Gasteiger charge is -2.39. The SMILES string of the molecule is O=C(CN1CCN(C(c2ccccc2)c2ccccc2)CC1)c1ccc[nH]1. The number of ketones is 1. The number of carbonyl (C=O) groups excluding carboxylic acids is 1. The lowest BCUT2D eigenvalue weighted by atomic mass is 9.96. The van der Waals surface area contributed by atoms with Crippen LogP contribution in [0.15, 0.2) is 79.0 Å². The Morgan fingerprint density at radius 1 is 0.815 bits per heavy atom. The van der Waals surface area contributed by atoms with Crippen LogP contribution in [-0.2, 0) is 0 Å². The highest BCUT2D eigenvalue weighted by atomic mass is 16.1. The second-order valence-electron chi connectivity index (χ2n) is 7.04. The summed E-state index contributed by atoms with van der Waals surface area (Å²) in [5.41, 5.74) is 3.34. The van der Waals surface area contributed by atoms with Crippen molar-refractivity contribution in [3.05, 3.63) is 95.8 Å². The summed E-state index contributed by atoms with van der Waals surface area (Å²) in [6.07, 6.45) is 1.80. The first-order valence-corrected chi connectivity index (χ1v) is 9.54. The van der Waals surface area contributed by atoms with Gasteiger partial charge in [-0.1, -0.05) is 60.7 Å². The summed E-state index contributed by atoms with van der Waals surface area (Å²) in [5.74, 6) is 0.163. The van der Waals surface area contributed by atoms with E-state index >= 15 is 0 Å². The molecule has 27 heavy (non-hydrogen) atoms. The molecule has 0 aliphatic carbocycles. The van der Waals surface area contributed by atoms with Crippen LogP contribution in [0.4, 0.5) is 0 Å². The van der Waals surface area contributed by atoms with Gasteiger partial charge in [-0.05, 0) is 23.3 Å². The molecule has 0 spiro atoms. The van der Waals surface area contributed by atoms with E-state index in [1.807, 2.05) is 12.1 Å². The van der Waals surface area contributed by atoms with Crippen molar-refractivity contribution in [2.24, 2.45) is 0 Å². The lowest BCUT2D eigenvalue weighted by molar-refractivity contribution is 0.0804. The summed E-state index contributed by atoms with van der Waals surface area (Å²) in [6, 6.07) is 25.4. The highest BCUT2D eigenvalue weighted by molar-refractivity contribution is 5.95. The van der Waals surface area contributed by atoms with E-state index in [0.717, 1.165) is 26.2 Å². The predicted octanol–water partition coefficient (Wildman–Crippen LogP) is 3.60. The van der Waals surface area contributed by atoms with Gasteiger partial charge in [-0.25, -0.2) is 0 Å². The van der Waals surface area contributed by atoms with Crippen LogP contribution in [0.2, 0.25) is 0 Å². The molecule has 1 aromatic heterocycles. The third-order valence-electron chi connectivity index (χ3n) is 5.27. The van der Waals surface area contributed by atoms with Gasteiger partial charge in [0.15, 0.2) is 5.78 Å². The average Bonchev–Trinajstić information content (AvgIpc) is 3.26. The second kappa shape index (κ2) is 8.33. The summed E-state index contributed by atoms with van der Waals surface area (Å²) in [6.45, 7) is 4.19. The fourth-order valence-corrected chi connectivity index (χ4v) is 3.86. The summed E-state index contributed by atoms with van der Waals surface area (Å²) in [4.78, 5) is 20.1. The Kier molecular flexibility index (Phi) is 5.47. The summed E-state index contributed by atoms with van der Waals surface area (Å²) in [5, 5.41) is 0. The van der Waals surface area contributed by atoms with Gasteiger partial charge in [0.25, 0.3) is 0 Å². The predicted molar refractivity (Wildman–Crippen MR) is 108 cm³/mol. The first kappa shape index (κ1) is 17.7. The van der Waals surface area contributed by atoms with E-state index in [9.17, 15) is 4.79 Å². The second-order valence-corrected chi connectivity index (χ2v) is 7.04. The third kappa shape index (κ3) is 4.18. The number of aromatic nitrogens is 1. The van der Waals surface area contributed by atoms with Gasteiger partial charge < -0.3 is 4.98 Å². The average molecular weight is 359 g/mol. The van der Waals surface area contributed by atoms with Crippen molar-refractivity contribution in [2.45, 2.75) is 6.04 Å². The molecule has 1 fully saturated rings. The molecule has 2 heterocycles. The molecule has 3 aromatic rings. The van der Waals surface area contributed by atoms with E-state index in [4.69, 9.17) is 0 Å². The van der Waals surface area contributed by atoms with Crippen LogP contribution in [0.5, 0.6) is 0 Å². The fourth-order valence-electron chi connectivity index (χ4n) is 3.86. The van der Waals surface area contributed by atoms with Crippen molar-refractivity contribution in [3.8, 4) is 0 Å². The molecule has 4 nitrogen and oxygen atoms in total. The van der Waals surface area contributed by atoms with E-state index in [1.165, 1.54) is 11.1 Å². The van der Waals surface area contributed by atoms with Crippen LogP contribution in [0.25, 0.3) is 0 Å². The van der Waals surface area contributed by atoms with Gasteiger partial charge in [-0.2, -0.15) is 0 Å². The van der Waals surface area contributed by atoms with Crippen LogP contribution in [0.3, 0.4) is 0 Å². The number of piperazine rings is 1. The van der Waals surface area contributed by atoms with Gasteiger partial charge in [0.05, 0.1) is 18.3 Å². The largest absolute Gasteiger partial charge is 0.359 e. The summed E-state index contributed by atoms with van der Waals surface area (Å²) < 4.78 is 0. The fraction of sp³-hybridized carbons (Fsp3) is 0.261. The molecule has 0 radical (unpaired) electrons. The molecule has 138 valence electrons. The number of nitrogens with zero attached hydrogens (tertiary/aromatic N) is 2. The van der Waals surface area contributed by atoms with Gasteiger partial charge in [0, 0.05) is 32.4 Å². The molecule has 0 saturated carbocycles. The topological polar surface area (TPSA) is 39.3 Å². The van der Waals surface area contributed by atoms with Crippen LogP contribution >= 0.6 is 0 Å². The van der Waals surface area contributed by atoms with Gasteiger partial charge >= 0.3 is 0 Å². The van der Waals surface area contributed by atoms with Gasteiger partial charge in [0.2, 0.25) is 0 Å². The number of Topliss-reactive ketones (excluding diaryl/α,β-unsaturated/α-hetero) is 1. The van der Waals surface area contributed by atoms with Crippen LogP contribution in [-0.4, -0.2) is 53.3 Å². The summed E-state index contributed by atoms with van der Waals surface area (Å²) in [7, 11) is 0. The molecule has 0 amide bonds. The molecule has 0 atom stereocenters. The first-order valence-electron chi connectivity index (χ1n) is 9.54. The number of aromatic amines is 1. The van der Waals surface area contributed by atoms with Crippen molar-refractivity contribution >= 4 is 5.78 Å². The highest BCUT2D eigenvalue weighted by Crippen LogP contribution is 2.29. The van der Waals surface area contributed by atoms with Crippen molar-refractivity contribution in [1.29, 1.82) is 0 Å². The maximum atomic E-state index is 12.3. The van der Waals surface area contributed by atoms with Gasteiger partial charge in [0.1, 0.15) is 0 Å². The molecular formula is C23H25N3O. The van der Waals surface area contributed by atoms with Gasteiger partial charge in [-0.15, -0.1) is 0 Å². The number of benzene rings is 2. The number of hydrogen-bond donors (Lipinski definition) is 1. The zero-order valence-corrected chi connectivity index (χ0v) is 15.4. The maximum Gasteiger partial charge on any atom is 0.192 e. The van der Waals surface area contributed by atoms with Crippen LogP contribution < -0.4 is 0 Å². The Morgan fingerprint density at radius 2 is 1.41 bits per heavy atom. The molecule has 2 aromatic carbocycles. The van der Waals surface area contributed by atoms with Crippen molar-refractivity contribution in [2.75, 3.05) is 32.7 Å². The van der Waals surface area contributed by atoms with E-state index in [1.54, 1.807) is 6.20 Å². The quantitative estimate of drug-likeness (QED) is 0.684. The van der Waals surface area contributed by atoms with E-state index in [0.29, 0.717) is 12.2 Å². The minimum absolute atomic E-state index is 0.163. The molecule has 1 aliphatic rings. The number of nitrogens with one attached hydrogen (secondary N) is 1. The van der Waals surface area contributed by atoms with Crippen molar-refractivity contribution in [3.63, 3.8) is 0 Å². The molecule has 4 heteroatoms. The minimum Gasteiger partial charge on any atom is -0.359 e. The molecule has 1 saturated heterocycles.